The Kier molecular flexibility index (Phi) is 7.13. The third-order valence-corrected chi connectivity index (χ3v) is 4.29. The molecule has 0 aliphatic carbocycles. The van der Waals surface area contributed by atoms with E-state index in [0.717, 1.165) is 5.69 Å². The van der Waals surface area contributed by atoms with Gasteiger partial charge in [0.05, 0.1) is 17.6 Å². The number of hydrogen-bond donors (Lipinski definition) is 3. The largest absolute Gasteiger partial charge is 0.507 e. The molecule has 0 aromatic heterocycles. The Labute approximate surface area is 182 Å². The Hall–Kier alpha value is -3.00. The second-order valence-corrected chi connectivity index (χ2v) is 7.03. The van der Waals surface area contributed by atoms with Crippen molar-refractivity contribution in [1.82, 2.24) is 5.43 Å². The average Bonchev–Trinajstić information content (AvgIpc) is 2.71. The van der Waals surface area contributed by atoms with Gasteiger partial charge in [0, 0.05) is 21.3 Å². The maximum Gasteiger partial charge on any atom is 0.191 e. The van der Waals surface area contributed by atoms with Gasteiger partial charge < -0.3 is 10.4 Å². The van der Waals surface area contributed by atoms with Crippen molar-refractivity contribution in [2.75, 3.05) is 5.32 Å². The number of thiocarbonyl (C=S) groups is 1. The number of phenols is 1. The number of rotatable bonds is 5. The van der Waals surface area contributed by atoms with E-state index in [0.29, 0.717) is 32.1 Å². The Morgan fingerprint density at radius 1 is 0.862 bits per heavy atom. The summed E-state index contributed by atoms with van der Waals surface area (Å²) in [5.74, 6) is 0.0533. The number of halogens is 2. The van der Waals surface area contributed by atoms with Crippen molar-refractivity contribution in [3.05, 3.63) is 82.3 Å². The number of hydrogen-bond acceptors (Lipinski definition) is 5. The molecular formula is C20H15Cl2N5OS. The monoisotopic (exact) mass is 443 g/mol. The summed E-state index contributed by atoms with van der Waals surface area (Å²) in [6.07, 6.45) is 1.44. The van der Waals surface area contributed by atoms with Crippen LogP contribution in [0.1, 0.15) is 5.56 Å². The molecule has 0 aliphatic heterocycles. The van der Waals surface area contributed by atoms with E-state index in [1.807, 2.05) is 0 Å². The molecule has 0 radical (unpaired) electrons. The average molecular weight is 444 g/mol. The van der Waals surface area contributed by atoms with Gasteiger partial charge in [0.25, 0.3) is 0 Å². The van der Waals surface area contributed by atoms with Crippen LogP contribution in [0.25, 0.3) is 0 Å². The summed E-state index contributed by atoms with van der Waals surface area (Å²) in [5.41, 5.74) is 5.13. The van der Waals surface area contributed by atoms with Crippen LogP contribution in [0.15, 0.2) is 82.1 Å². The maximum atomic E-state index is 10.0. The lowest BCUT2D eigenvalue weighted by Gasteiger charge is -2.07. The maximum absolute atomic E-state index is 10.0. The molecule has 3 aromatic rings. The summed E-state index contributed by atoms with van der Waals surface area (Å²) in [6.45, 7) is 0. The molecular weight excluding hydrogens is 429 g/mol. The van der Waals surface area contributed by atoms with E-state index in [1.54, 1.807) is 60.7 Å². The molecule has 0 fully saturated rings. The molecule has 29 heavy (non-hydrogen) atoms. The van der Waals surface area contributed by atoms with E-state index >= 15 is 0 Å². The van der Waals surface area contributed by atoms with Crippen molar-refractivity contribution in [3.63, 3.8) is 0 Å². The summed E-state index contributed by atoms with van der Waals surface area (Å²) in [7, 11) is 0. The molecule has 3 rings (SSSR count). The standard InChI is InChI=1S/C20H15Cl2N5OS/c21-14-1-5-16(6-2-14)24-20(29)27-23-12-13-11-18(9-10-19(13)28)26-25-17-7-3-15(22)4-8-17/h1-12,28H,(H2,24,27,29)/b23-12-,26-25?. The number of anilines is 1. The molecule has 0 amide bonds. The molecule has 0 unspecified atom stereocenters. The molecule has 3 N–H and O–H groups in total. The first-order valence-electron chi connectivity index (χ1n) is 8.35. The molecule has 0 atom stereocenters. The smallest absolute Gasteiger partial charge is 0.191 e. The van der Waals surface area contributed by atoms with Crippen molar-refractivity contribution in [3.8, 4) is 5.75 Å². The van der Waals surface area contributed by atoms with E-state index in [2.05, 4.69) is 26.1 Å². The molecule has 0 spiro atoms. The number of aromatic hydroxyl groups is 1. The zero-order chi connectivity index (χ0) is 20.6. The van der Waals surface area contributed by atoms with Gasteiger partial charge in [0.2, 0.25) is 0 Å². The number of nitrogens with zero attached hydrogens (tertiary/aromatic N) is 3. The van der Waals surface area contributed by atoms with E-state index in [-0.39, 0.29) is 5.75 Å². The molecule has 6 nitrogen and oxygen atoms in total. The third-order valence-electron chi connectivity index (χ3n) is 3.59. The highest BCUT2D eigenvalue weighted by atomic mass is 35.5. The molecule has 146 valence electrons. The molecule has 9 heteroatoms. The van der Waals surface area contributed by atoms with Gasteiger partial charge in [0.15, 0.2) is 5.11 Å². The third kappa shape index (κ3) is 6.53. The Morgan fingerprint density at radius 2 is 1.45 bits per heavy atom. The van der Waals surface area contributed by atoms with Gasteiger partial charge in [-0.1, -0.05) is 23.2 Å². The van der Waals surface area contributed by atoms with Crippen LogP contribution in [0, 0.1) is 0 Å². The predicted octanol–water partition coefficient (Wildman–Crippen LogP) is 6.43. The zero-order valence-electron chi connectivity index (χ0n) is 14.9. The summed E-state index contributed by atoms with van der Waals surface area (Å²) in [4.78, 5) is 0. The second-order valence-electron chi connectivity index (χ2n) is 5.75. The fourth-order valence-electron chi connectivity index (χ4n) is 2.18. The first-order valence-corrected chi connectivity index (χ1v) is 9.52. The van der Waals surface area contributed by atoms with Crippen molar-refractivity contribution in [2.24, 2.45) is 15.3 Å². The minimum absolute atomic E-state index is 0.0533. The van der Waals surface area contributed by atoms with Crippen LogP contribution in [0.3, 0.4) is 0 Å². The highest BCUT2D eigenvalue weighted by Gasteiger charge is 2.01. The van der Waals surface area contributed by atoms with Gasteiger partial charge in [0.1, 0.15) is 5.75 Å². The summed E-state index contributed by atoms with van der Waals surface area (Å²) in [5, 5.41) is 26.9. The van der Waals surface area contributed by atoms with Gasteiger partial charge >= 0.3 is 0 Å². The normalized spacial score (nSPS) is 11.1. The number of hydrazone groups is 1. The number of phenolic OH excluding ortho intramolecular Hbond substituents is 1. The fourth-order valence-corrected chi connectivity index (χ4v) is 2.61. The van der Waals surface area contributed by atoms with E-state index in [1.165, 1.54) is 12.3 Å². The molecule has 0 saturated carbocycles. The van der Waals surface area contributed by atoms with Gasteiger partial charge in [-0.05, 0) is 78.9 Å². The van der Waals surface area contributed by atoms with Gasteiger partial charge in [-0.2, -0.15) is 15.3 Å². The van der Waals surface area contributed by atoms with Crippen molar-refractivity contribution in [2.45, 2.75) is 0 Å². The van der Waals surface area contributed by atoms with Crippen LogP contribution < -0.4 is 10.7 Å². The lowest BCUT2D eigenvalue weighted by Crippen LogP contribution is -2.23. The predicted molar refractivity (Wildman–Crippen MR) is 122 cm³/mol. The lowest BCUT2D eigenvalue weighted by molar-refractivity contribution is 0.474. The first kappa shape index (κ1) is 20.7. The van der Waals surface area contributed by atoms with Gasteiger partial charge in [-0.25, -0.2) is 0 Å². The summed E-state index contributed by atoms with van der Waals surface area (Å²) >= 11 is 16.9. The molecule has 0 bridgehead atoms. The van der Waals surface area contributed by atoms with Gasteiger partial charge in [-0.15, -0.1) is 0 Å². The molecule has 0 saturated heterocycles. The van der Waals surface area contributed by atoms with E-state index in [4.69, 9.17) is 35.4 Å². The topological polar surface area (TPSA) is 81.4 Å². The summed E-state index contributed by atoms with van der Waals surface area (Å²) < 4.78 is 0. The van der Waals surface area contributed by atoms with Crippen LogP contribution in [0.4, 0.5) is 17.1 Å². The van der Waals surface area contributed by atoms with E-state index in [9.17, 15) is 5.11 Å². The zero-order valence-corrected chi connectivity index (χ0v) is 17.2. The highest BCUT2D eigenvalue weighted by Crippen LogP contribution is 2.24. The Morgan fingerprint density at radius 3 is 2.14 bits per heavy atom. The lowest BCUT2D eigenvalue weighted by atomic mass is 10.2. The minimum atomic E-state index is 0.0533. The molecule has 0 aliphatic rings. The van der Waals surface area contributed by atoms with Crippen molar-refractivity contribution in [1.29, 1.82) is 0 Å². The highest BCUT2D eigenvalue weighted by molar-refractivity contribution is 7.80. The Balaban J connectivity index is 1.62. The van der Waals surface area contributed by atoms with E-state index < -0.39 is 0 Å². The van der Waals surface area contributed by atoms with Crippen LogP contribution in [0.5, 0.6) is 5.75 Å². The summed E-state index contributed by atoms with van der Waals surface area (Å²) in [6, 6.07) is 18.9. The molecule has 3 aromatic carbocycles. The van der Waals surface area contributed by atoms with Crippen molar-refractivity contribution >= 4 is 63.8 Å². The number of azo groups is 1. The number of benzene rings is 3. The second kappa shape index (κ2) is 9.97. The van der Waals surface area contributed by atoms with Crippen LogP contribution in [-0.2, 0) is 0 Å². The van der Waals surface area contributed by atoms with Crippen LogP contribution in [-0.4, -0.2) is 16.4 Å². The van der Waals surface area contributed by atoms with Crippen molar-refractivity contribution < 1.29 is 5.11 Å². The van der Waals surface area contributed by atoms with Crippen LogP contribution in [0.2, 0.25) is 10.0 Å². The fraction of sp³-hybridized carbons (Fsp3) is 0. The van der Waals surface area contributed by atoms with Gasteiger partial charge in [-0.3, -0.25) is 5.43 Å². The Bertz CT molecular complexity index is 1050. The van der Waals surface area contributed by atoms with Crippen LogP contribution >= 0.6 is 35.4 Å². The minimum Gasteiger partial charge on any atom is -0.507 e. The number of nitrogens with one attached hydrogen (secondary N) is 2. The first-order chi connectivity index (χ1) is 14.0. The quantitative estimate of drug-likeness (QED) is 0.183. The SMILES string of the molecule is Oc1ccc(N=Nc2ccc(Cl)cc2)cc1/C=N\NC(=S)Nc1ccc(Cl)cc1. The molecule has 0 heterocycles.